The van der Waals surface area contributed by atoms with Crippen LogP contribution in [0.5, 0.6) is 0 Å². The van der Waals surface area contributed by atoms with Gasteiger partial charge in [0.05, 0.1) is 15.5 Å². The van der Waals surface area contributed by atoms with Crippen LogP contribution in [0.4, 0.5) is 5.69 Å². The Labute approximate surface area is 126 Å². The highest BCUT2D eigenvalue weighted by Gasteiger charge is 2.25. The number of rotatable bonds is 4. The molecule has 0 amide bonds. The third-order valence-corrected chi connectivity index (χ3v) is 5.96. The van der Waals surface area contributed by atoms with Crippen molar-refractivity contribution in [3.63, 3.8) is 0 Å². The fourth-order valence-electron chi connectivity index (χ4n) is 2.48. The van der Waals surface area contributed by atoms with Crippen molar-refractivity contribution in [1.29, 1.82) is 0 Å². The number of nitrogens with zero attached hydrogens (tertiary/aromatic N) is 1. The molecule has 6 nitrogen and oxygen atoms in total. The molecule has 0 aliphatic carbocycles. The van der Waals surface area contributed by atoms with Crippen molar-refractivity contribution in [1.82, 2.24) is 5.32 Å². The number of nitrogens with one attached hydrogen (secondary N) is 1. The van der Waals surface area contributed by atoms with Gasteiger partial charge in [-0.15, -0.1) is 0 Å². The molecule has 1 saturated heterocycles. The molecule has 0 bridgehead atoms. The van der Waals surface area contributed by atoms with Gasteiger partial charge in [-0.05, 0) is 31.2 Å². The topological polar surface area (TPSA) is 83.6 Å². The van der Waals surface area contributed by atoms with Gasteiger partial charge in [-0.25, -0.2) is 16.8 Å². The molecule has 0 spiro atoms. The van der Waals surface area contributed by atoms with E-state index in [1.165, 1.54) is 12.1 Å². The van der Waals surface area contributed by atoms with Crippen LogP contribution in [0, 0.1) is 0 Å². The monoisotopic (exact) mass is 332 g/mol. The zero-order valence-electron chi connectivity index (χ0n) is 12.3. The van der Waals surface area contributed by atoms with Crippen LogP contribution >= 0.6 is 0 Å². The van der Waals surface area contributed by atoms with Crippen LogP contribution in [-0.4, -0.2) is 55.5 Å². The zero-order chi connectivity index (χ0) is 15.8. The maximum atomic E-state index is 12.0. The Morgan fingerprint density at radius 3 is 2.29 bits per heavy atom. The summed E-state index contributed by atoms with van der Waals surface area (Å²) in [4.78, 5) is 1.98. The lowest BCUT2D eigenvalue weighted by atomic mass is 10.2. The molecule has 1 aliphatic rings. The zero-order valence-corrected chi connectivity index (χ0v) is 14.0. The first-order chi connectivity index (χ1) is 9.60. The number of anilines is 1. The maximum absolute atomic E-state index is 12.0. The first kappa shape index (κ1) is 16.3. The molecule has 118 valence electrons. The number of hydrogen-bond donors (Lipinski definition) is 1. The number of hydrogen-bond acceptors (Lipinski definition) is 6. The van der Waals surface area contributed by atoms with Gasteiger partial charge in [-0.3, -0.25) is 0 Å². The molecule has 1 aromatic rings. The van der Waals surface area contributed by atoms with Gasteiger partial charge in [0.2, 0.25) is 0 Å². The minimum absolute atomic E-state index is 0.0182. The standard InChI is InChI=1S/C13H20N2O4S2/c1-15(10-6-7-14-9-10)12-5-4-11(20(2,16)17)8-13(12)21(3,18)19/h4-5,8,10,14H,6-7,9H2,1-3H3. The molecular formula is C13H20N2O4S2. The van der Waals surface area contributed by atoms with Gasteiger partial charge in [0.25, 0.3) is 0 Å². The van der Waals surface area contributed by atoms with Crippen molar-refractivity contribution in [2.75, 3.05) is 37.5 Å². The van der Waals surface area contributed by atoms with Crippen molar-refractivity contribution >= 4 is 25.4 Å². The summed E-state index contributed by atoms with van der Waals surface area (Å²) >= 11 is 0. The van der Waals surface area contributed by atoms with E-state index in [0.717, 1.165) is 32.0 Å². The molecule has 21 heavy (non-hydrogen) atoms. The van der Waals surface area contributed by atoms with Crippen LogP contribution in [0.3, 0.4) is 0 Å². The summed E-state index contributed by atoms with van der Waals surface area (Å²) in [6.07, 6.45) is 3.09. The van der Waals surface area contributed by atoms with Crippen LogP contribution in [-0.2, 0) is 19.7 Å². The first-order valence-corrected chi connectivity index (χ1v) is 10.4. The molecule has 0 radical (unpaired) electrons. The largest absolute Gasteiger partial charge is 0.369 e. The predicted octanol–water partition coefficient (Wildman–Crippen LogP) is 0.292. The molecule has 1 atom stereocenters. The lowest BCUT2D eigenvalue weighted by Gasteiger charge is -2.28. The van der Waals surface area contributed by atoms with Crippen LogP contribution in [0.25, 0.3) is 0 Å². The van der Waals surface area contributed by atoms with Crippen molar-refractivity contribution < 1.29 is 16.8 Å². The van der Waals surface area contributed by atoms with Crippen molar-refractivity contribution in [2.45, 2.75) is 22.3 Å². The predicted molar refractivity (Wildman–Crippen MR) is 82.3 cm³/mol. The van der Waals surface area contributed by atoms with Crippen molar-refractivity contribution in [3.05, 3.63) is 18.2 Å². The summed E-state index contributed by atoms with van der Waals surface area (Å²) in [6, 6.07) is 4.48. The number of likely N-dealkylation sites (N-methyl/N-ethyl adjacent to an activating group) is 1. The van der Waals surface area contributed by atoms with Gasteiger partial charge in [0, 0.05) is 32.1 Å². The lowest BCUT2D eigenvalue weighted by Crippen LogP contribution is -2.34. The normalized spacial score (nSPS) is 19.7. The smallest absolute Gasteiger partial charge is 0.177 e. The number of sulfone groups is 2. The van der Waals surface area contributed by atoms with Gasteiger partial charge in [0.15, 0.2) is 19.7 Å². The third-order valence-electron chi connectivity index (χ3n) is 3.72. The lowest BCUT2D eigenvalue weighted by molar-refractivity contribution is 0.598. The maximum Gasteiger partial charge on any atom is 0.177 e. The van der Waals surface area contributed by atoms with Gasteiger partial charge >= 0.3 is 0 Å². The Hall–Kier alpha value is -1.12. The highest BCUT2D eigenvalue weighted by molar-refractivity contribution is 7.91. The van der Waals surface area contributed by atoms with E-state index in [-0.39, 0.29) is 15.8 Å². The minimum atomic E-state index is -3.52. The molecule has 0 aromatic heterocycles. The summed E-state index contributed by atoms with van der Waals surface area (Å²) < 4.78 is 47.3. The van der Waals surface area contributed by atoms with Gasteiger partial charge in [-0.1, -0.05) is 0 Å². The fourth-order valence-corrected chi connectivity index (χ4v) is 4.13. The SMILES string of the molecule is CN(c1ccc(S(C)(=O)=O)cc1S(C)(=O)=O)C1CCNC1. The van der Waals surface area contributed by atoms with Crippen LogP contribution in [0.1, 0.15) is 6.42 Å². The number of benzene rings is 1. The summed E-state index contributed by atoms with van der Waals surface area (Å²) in [7, 11) is -5.12. The molecule has 1 heterocycles. The van der Waals surface area contributed by atoms with E-state index in [1.807, 2.05) is 11.9 Å². The van der Waals surface area contributed by atoms with Crippen LogP contribution < -0.4 is 10.2 Å². The highest BCUT2D eigenvalue weighted by Crippen LogP contribution is 2.29. The summed E-state index contributed by atoms with van der Waals surface area (Å²) in [5.41, 5.74) is 0.540. The fraction of sp³-hybridized carbons (Fsp3) is 0.538. The second kappa shape index (κ2) is 5.58. The summed E-state index contributed by atoms with van der Waals surface area (Å²) in [5.74, 6) is 0. The summed E-state index contributed by atoms with van der Waals surface area (Å²) in [5, 5.41) is 3.23. The quantitative estimate of drug-likeness (QED) is 0.853. The Morgan fingerprint density at radius 1 is 1.14 bits per heavy atom. The molecule has 1 aromatic carbocycles. The van der Waals surface area contributed by atoms with E-state index >= 15 is 0 Å². The molecule has 1 aliphatic heterocycles. The highest BCUT2D eigenvalue weighted by atomic mass is 32.2. The molecule has 1 unspecified atom stereocenters. The van der Waals surface area contributed by atoms with E-state index in [2.05, 4.69) is 5.32 Å². The first-order valence-electron chi connectivity index (χ1n) is 6.58. The third kappa shape index (κ3) is 3.56. The second-order valence-electron chi connectivity index (χ2n) is 5.43. The molecule has 2 rings (SSSR count). The molecular weight excluding hydrogens is 312 g/mol. The van der Waals surface area contributed by atoms with Gasteiger partial charge in [0.1, 0.15) is 0 Å². The van der Waals surface area contributed by atoms with Gasteiger partial charge < -0.3 is 10.2 Å². The minimum Gasteiger partial charge on any atom is -0.369 e. The van der Waals surface area contributed by atoms with E-state index in [1.54, 1.807) is 6.07 Å². The molecule has 1 fully saturated rings. The van der Waals surface area contributed by atoms with E-state index < -0.39 is 19.7 Å². The Balaban J connectivity index is 2.55. The average Bonchev–Trinajstić information content (AvgIpc) is 2.89. The molecule has 1 N–H and O–H groups in total. The van der Waals surface area contributed by atoms with Crippen LogP contribution in [0.15, 0.2) is 28.0 Å². The Kier molecular flexibility index (Phi) is 4.32. The Bertz CT molecular complexity index is 735. The van der Waals surface area contributed by atoms with E-state index in [9.17, 15) is 16.8 Å². The van der Waals surface area contributed by atoms with Crippen LogP contribution in [0.2, 0.25) is 0 Å². The van der Waals surface area contributed by atoms with Crippen molar-refractivity contribution in [2.24, 2.45) is 0 Å². The van der Waals surface area contributed by atoms with Crippen molar-refractivity contribution in [3.8, 4) is 0 Å². The van der Waals surface area contributed by atoms with Gasteiger partial charge in [-0.2, -0.15) is 0 Å². The van der Waals surface area contributed by atoms with E-state index in [0.29, 0.717) is 5.69 Å². The van der Waals surface area contributed by atoms with E-state index in [4.69, 9.17) is 0 Å². The molecule has 8 heteroatoms. The Morgan fingerprint density at radius 2 is 1.81 bits per heavy atom. The summed E-state index contributed by atoms with van der Waals surface area (Å²) in [6.45, 7) is 1.68. The molecule has 0 saturated carbocycles. The average molecular weight is 332 g/mol. The second-order valence-corrected chi connectivity index (χ2v) is 9.43.